The van der Waals surface area contributed by atoms with E-state index in [9.17, 15) is 19.7 Å². The molecule has 2 aromatic carbocycles. The molecule has 2 amide bonds. The van der Waals surface area contributed by atoms with Crippen molar-refractivity contribution >= 4 is 52.1 Å². The van der Waals surface area contributed by atoms with E-state index in [-0.39, 0.29) is 22.1 Å². The van der Waals surface area contributed by atoms with Gasteiger partial charge in [0.05, 0.1) is 15.6 Å². The summed E-state index contributed by atoms with van der Waals surface area (Å²) in [5, 5.41) is 15.5. The van der Waals surface area contributed by atoms with Gasteiger partial charge in [0.1, 0.15) is 11.6 Å². The molecule has 2 aliphatic rings. The molecule has 0 N–H and O–H groups in total. The van der Waals surface area contributed by atoms with Crippen LogP contribution in [0.15, 0.2) is 47.6 Å². The smallest absolute Gasteiger partial charge is 0.278 e. The van der Waals surface area contributed by atoms with Gasteiger partial charge < -0.3 is 4.84 Å². The number of carbonyl (C=O) groups is 2. The maximum atomic E-state index is 12.9. The Balaban J connectivity index is 1.72. The molecule has 2 heterocycles. The molecular weight excluding hydrogens is 397 g/mol. The van der Waals surface area contributed by atoms with E-state index in [1.165, 1.54) is 24.3 Å². The summed E-state index contributed by atoms with van der Waals surface area (Å²) < 4.78 is 0. The second-order valence-electron chi connectivity index (χ2n) is 5.89. The number of benzene rings is 2. The van der Waals surface area contributed by atoms with Crippen molar-refractivity contribution in [1.29, 1.82) is 0 Å². The van der Waals surface area contributed by atoms with E-state index in [4.69, 9.17) is 28.0 Å². The number of oxime groups is 1. The van der Waals surface area contributed by atoms with Crippen molar-refractivity contribution in [2.45, 2.75) is 6.10 Å². The molecule has 2 atom stereocenters. The van der Waals surface area contributed by atoms with Gasteiger partial charge in [0.25, 0.3) is 11.6 Å². The minimum atomic E-state index is -1.14. The largest absolute Gasteiger partial charge is 0.381 e. The van der Waals surface area contributed by atoms with Gasteiger partial charge in [0.2, 0.25) is 12.0 Å². The van der Waals surface area contributed by atoms with Crippen LogP contribution >= 0.6 is 23.2 Å². The van der Waals surface area contributed by atoms with Crippen LogP contribution in [-0.2, 0) is 14.4 Å². The lowest BCUT2D eigenvalue weighted by molar-refractivity contribution is -0.384. The van der Waals surface area contributed by atoms with Crippen molar-refractivity contribution in [3.63, 3.8) is 0 Å². The van der Waals surface area contributed by atoms with E-state index < -0.39 is 28.8 Å². The molecule has 0 bridgehead atoms. The van der Waals surface area contributed by atoms with Crippen LogP contribution < -0.4 is 4.90 Å². The van der Waals surface area contributed by atoms with E-state index in [1.807, 2.05) is 0 Å². The predicted octanol–water partition coefficient (Wildman–Crippen LogP) is 3.19. The van der Waals surface area contributed by atoms with Gasteiger partial charge in [0.15, 0.2) is 0 Å². The highest BCUT2D eigenvalue weighted by Gasteiger charge is 2.56. The number of nitro groups is 1. The number of hydrogen-bond acceptors (Lipinski definition) is 6. The van der Waals surface area contributed by atoms with E-state index in [0.29, 0.717) is 10.6 Å². The predicted molar refractivity (Wildman–Crippen MR) is 97.0 cm³/mol. The van der Waals surface area contributed by atoms with Crippen LogP contribution in [0.2, 0.25) is 10.0 Å². The number of nitrogens with zero attached hydrogens (tertiary/aromatic N) is 3. The molecule has 27 heavy (non-hydrogen) atoms. The molecule has 0 unspecified atom stereocenters. The Morgan fingerprint density at radius 3 is 2.59 bits per heavy atom. The molecule has 0 aliphatic carbocycles. The van der Waals surface area contributed by atoms with E-state index in [2.05, 4.69) is 5.16 Å². The standard InChI is InChI=1S/C17H9Cl2N3O5/c18-8-4-5-11(12(19)6-8)14-13-15(27-20-14)17(24)21(16(13)23)9-2-1-3-10(7-9)22(25)26/h1-7,13,15H/t13-,15+/m1/s1. The molecule has 0 aromatic heterocycles. The third-order valence-electron chi connectivity index (χ3n) is 4.32. The molecule has 4 rings (SSSR count). The summed E-state index contributed by atoms with van der Waals surface area (Å²) in [5.41, 5.74) is 0.503. The van der Waals surface area contributed by atoms with Gasteiger partial charge in [-0.15, -0.1) is 0 Å². The van der Waals surface area contributed by atoms with Crippen LogP contribution in [-0.4, -0.2) is 28.6 Å². The molecule has 10 heteroatoms. The number of fused-ring (bicyclic) bond motifs is 1. The summed E-state index contributed by atoms with van der Waals surface area (Å²) in [4.78, 5) is 42.1. The Hall–Kier alpha value is -2.97. The minimum absolute atomic E-state index is 0.0961. The molecule has 0 spiro atoms. The van der Waals surface area contributed by atoms with Crippen LogP contribution in [0.5, 0.6) is 0 Å². The van der Waals surface area contributed by atoms with Gasteiger partial charge in [-0.1, -0.05) is 40.5 Å². The number of imide groups is 1. The first-order valence-corrected chi connectivity index (χ1v) is 8.45. The van der Waals surface area contributed by atoms with Gasteiger partial charge in [0, 0.05) is 22.7 Å². The number of anilines is 1. The molecule has 0 radical (unpaired) electrons. The Morgan fingerprint density at radius 2 is 1.89 bits per heavy atom. The van der Waals surface area contributed by atoms with Gasteiger partial charge >= 0.3 is 0 Å². The second-order valence-corrected chi connectivity index (χ2v) is 6.74. The monoisotopic (exact) mass is 405 g/mol. The Kier molecular flexibility index (Phi) is 4.09. The molecule has 136 valence electrons. The quantitative estimate of drug-likeness (QED) is 0.443. The minimum Gasteiger partial charge on any atom is -0.381 e. The maximum absolute atomic E-state index is 12.9. The first-order chi connectivity index (χ1) is 12.9. The fourth-order valence-electron chi connectivity index (χ4n) is 3.10. The number of halogens is 2. The number of non-ortho nitro benzene ring substituents is 1. The van der Waals surface area contributed by atoms with Crippen molar-refractivity contribution in [1.82, 2.24) is 0 Å². The fourth-order valence-corrected chi connectivity index (χ4v) is 3.60. The zero-order valence-corrected chi connectivity index (χ0v) is 14.8. The third kappa shape index (κ3) is 2.73. The van der Waals surface area contributed by atoms with Crippen molar-refractivity contribution in [3.05, 3.63) is 68.2 Å². The van der Waals surface area contributed by atoms with E-state index >= 15 is 0 Å². The van der Waals surface area contributed by atoms with Crippen LogP contribution in [0.1, 0.15) is 5.56 Å². The number of carbonyl (C=O) groups excluding carboxylic acids is 2. The number of rotatable bonds is 3. The van der Waals surface area contributed by atoms with Crippen LogP contribution in [0, 0.1) is 16.0 Å². The van der Waals surface area contributed by atoms with Gasteiger partial charge in [-0.2, -0.15) is 0 Å². The summed E-state index contributed by atoms with van der Waals surface area (Å²) in [6.07, 6.45) is -1.14. The summed E-state index contributed by atoms with van der Waals surface area (Å²) >= 11 is 12.1. The first kappa shape index (κ1) is 17.4. The molecule has 8 nitrogen and oxygen atoms in total. The number of hydrogen-bond donors (Lipinski definition) is 0. The van der Waals surface area contributed by atoms with Crippen molar-refractivity contribution in [2.24, 2.45) is 11.1 Å². The van der Waals surface area contributed by atoms with E-state index in [0.717, 1.165) is 11.0 Å². The van der Waals surface area contributed by atoms with Gasteiger partial charge in [-0.25, -0.2) is 4.90 Å². The summed E-state index contributed by atoms with van der Waals surface area (Å²) in [5.74, 6) is -2.22. The van der Waals surface area contributed by atoms with Crippen LogP contribution in [0.4, 0.5) is 11.4 Å². The summed E-state index contributed by atoms with van der Waals surface area (Å²) in [6, 6.07) is 9.92. The number of amides is 2. The third-order valence-corrected chi connectivity index (χ3v) is 4.87. The molecule has 0 saturated carbocycles. The Bertz CT molecular complexity index is 1040. The van der Waals surface area contributed by atoms with E-state index in [1.54, 1.807) is 12.1 Å². The summed E-state index contributed by atoms with van der Waals surface area (Å²) in [6.45, 7) is 0. The molecule has 1 saturated heterocycles. The van der Waals surface area contributed by atoms with Crippen molar-refractivity contribution < 1.29 is 19.3 Å². The zero-order chi connectivity index (χ0) is 19.3. The topological polar surface area (TPSA) is 102 Å². The highest BCUT2D eigenvalue weighted by molar-refractivity contribution is 6.39. The SMILES string of the molecule is O=C1[C@@H]2C(c3ccc(Cl)cc3Cl)=NO[C@@H]2C(=O)N1c1cccc([N+](=O)[O-])c1. The average Bonchev–Trinajstić information content (AvgIpc) is 3.16. The molecule has 2 aromatic rings. The zero-order valence-electron chi connectivity index (χ0n) is 13.3. The summed E-state index contributed by atoms with van der Waals surface area (Å²) in [7, 11) is 0. The molecule has 2 aliphatic heterocycles. The highest BCUT2D eigenvalue weighted by Crippen LogP contribution is 2.37. The fraction of sp³-hybridized carbons (Fsp3) is 0.118. The Morgan fingerprint density at radius 1 is 1.11 bits per heavy atom. The van der Waals surface area contributed by atoms with Crippen molar-refractivity contribution in [2.75, 3.05) is 4.90 Å². The number of nitro benzene ring substituents is 1. The van der Waals surface area contributed by atoms with Crippen LogP contribution in [0.25, 0.3) is 0 Å². The van der Waals surface area contributed by atoms with Crippen molar-refractivity contribution in [3.8, 4) is 0 Å². The lowest BCUT2D eigenvalue weighted by Gasteiger charge is -2.15. The maximum Gasteiger partial charge on any atom is 0.278 e. The first-order valence-electron chi connectivity index (χ1n) is 7.70. The second kappa shape index (κ2) is 6.33. The van der Waals surface area contributed by atoms with Crippen LogP contribution in [0.3, 0.4) is 0 Å². The van der Waals surface area contributed by atoms with Gasteiger partial charge in [-0.3, -0.25) is 19.7 Å². The highest BCUT2D eigenvalue weighted by atomic mass is 35.5. The Labute approximate surface area is 162 Å². The molecular formula is C17H9Cl2N3O5. The lowest BCUT2D eigenvalue weighted by Crippen LogP contribution is -2.33. The van der Waals surface area contributed by atoms with Gasteiger partial charge in [-0.05, 0) is 18.2 Å². The average molecular weight is 406 g/mol. The molecule has 1 fully saturated rings. The normalized spacial score (nSPS) is 21.1. The lowest BCUT2D eigenvalue weighted by atomic mass is 9.94.